The number of unbranched alkanes of at least 4 members (excludes halogenated alkanes) is 2. The van der Waals surface area contributed by atoms with E-state index in [0.29, 0.717) is 91.1 Å². The smallest absolute Gasteiger partial charge is 0.331 e. The third-order valence-electron chi connectivity index (χ3n) is 8.20. The highest BCUT2D eigenvalue weighted by Crippen LogP contribution is 2.14. The fourth-order valence-corrected chi connectivity index (χ4v) is 7.85. The van der Waals surface area contributed by atoms with Crippen LogP contribution < -0.4 is 0 Å². The summed E-state index contributed by atoms with van der Waals surface area (Å²) in [6.45, 7) is 14.9. The third-order valence-corrected chi connectivity index (χ3v) is 11.8. The molecule has 0 spiro atoms. The van der Waals surface area contributed by atoms with Crippen molar-refractivity contribution >= 4 is 93.5 Å². The highest BCUT2D eigenvalue weighted by molar-refractivity contribution is 7.44. The van der Waals surface area contributed by atoms with Gasteiger partial charge in [0.1, 0.15) is 0 Å². The zero-order valence-electron chi connectivity index (χ0n) is 35.8. The Balaban J connectivity index is -0.000000439. The van der Waals surface area contributed by atoms with E-state index in [1.807, 2.05) is 49.1 Å². The summed E-state index contributed by atoms with van der Waals surface area (Å²) in [5, 5.41) is 35.4. The van der Waals surface area contributed by atoms with Crippen molar-refractivity contribution < 1.29 is 57.3 Å². The lowest BCUT2D eigenvalue weighted by Gasteiger charge is -2.31. The Morgan fingerprint density at radius 3 is 1.02 bits per heavy atom. The summed E-state index contributed by atoms with van der Waals surface area (Å²) in [6, 6.07) is 0. The van der Waals surface area contributed by atoms with Gasteiger partial charge in [-0.3, -0.25) is 19.2 Å². The average Bonchev–Trinajstić information content (AvgIpc) is 3.12. The molecule has 341 valence electrons. The predicted octanol–water partition coefficient (Wildman–Crippen LogP) is 1.53. The molecule has 0 atom stereocenters. The Hall–Kier alpha value is -1.01. The van der Waals surface area contributed by atoms with Crippen molar-refractivity contribution in [3.05, 3.63) is 0 Å². The summed E-state index contributed by atoms with van der Waals surface area (Å²) in [7, 11) is 3.98. The topological polar surface area (TPSA) is 199 Å². The molecule has 2 aliphatic rings. The number of aliphatic hydroxyl groups is 4. The number of aliphatic hydroxyl groups excluding tert-OH is 4. The van der Waals surface area contributed by atoms with Gasteiger partial charge in [0.25, 0.3) is 0 Å². The highest BCUT2D eigenvalue weighted by atomic mass is 35.7. The molecule has 2 saturated heterocycles. The lowest BCUT2D eigenvalue weighted by Crippen LogP contribution is -2.46. The van der Waals surface area contributed by atoms with Gasteiger partial charge >= 0.3 is 17.1 Å². The minimum atomic E-state index is -2.01. The van der Waals surface area contributed by atoms with Gasteiger partial charge in [-0.1, -0.05) is 7.43 Å². The summed E-state index contributed by atoms with van der Waals surface area (Å²) in [5.41, 5.74) is 0. The minimum Gasteiger partial charge on any atom is -0.395 e. The second-order valence-corrected chi connectivity index (χ2v) is 30.0. The largest absolute Gasteiger partial charge is 0.395 e. The molecule has 2 rings (SSSR count). The zero-order chi connectivity index (χ0) is 43.9. The molecule has 0 aliphatic carbocycles. The van der Waals surface area contributed by atoms with Gasteiger partial charge in [0, 0.05) is 102 Å². The third kappa shape index (κ3) is 36.2. The molecule has 0 aromatic carbocycles. The maximum absolute atomic E-state index is 12.4. The first-order chi connectivity index (χ1) is 26.8. The van der Waals surface area contributed by atoms with Crippen molar-refractivity contribution in [3.8, 4) is 0 Å². The molecule has 0 bridgehead atoms. The molecule has 4 N–H and O–H groups in total. The van der Waals surface area contributed by atoms with Gasteiger partial charge in [0.05, 0.1) is 52.9 Å². The Labute approximate surface area is 372 Å². The molecule has 2 fully saturated rings. The van der Waals surface area contributed by atoms with E-state index in [9.17, 15) is 19.2 Å². The molecule has 2 aliphatic heterocycles. The maximum Gasteiger partial charge on any atom is 0.331 e. The molecule has 7 radical (unpaired) electrons. The number of rotatable bonds is 18. The standard InChI is InChI=1S/C18H36N2O6Si2.C14H28N2O6.C2H6Cl2Si.CH4.B2.B/c1-27(2)23-13-9-19(10-14-24-27)17(21)7-5-6-8-18(22)20-11-15-25-28(3,4)26-16-12-20;17-9-5-15(6-10-18)13(21)3-1-2-4-14(22)16(7-11-19)8-12-20;1-5(2,3)4;;1-2;/h5-16H2,1-4H3;17-20H,1-12H2;1-2H3;1H4;;. The highest BCUT2D eigenvalue weighted by Gasteiger charge is 2.29. The predicted molar refractivity (Wildman–Crippen MR) is 244 cm³/mol. The quantitative estimate of drug-likeness (QED) is 0.0881. The van der Waals surface area contributed by atoms with Crippen LogP contribution in [0, 0.1) is 0 Å². The van der Waals surface area contributed by atoms with E-state index in [1.165, 1.54) is 9.80 Å². The Kier molecular flexibility index (Phi) is 41.1. The average molecular weight is 931 g/mol. The van der Waals surface area contributed by atoms with Gasteiger partial charge in [-0.15, -0.1) is 22.2 Å². The lowest BCUT2D eigenvalue weighted by atomic mass is 9.81. The summed E-state index contributed by atoms with van der Waals surface area (Å²) in [6.07, 6.45) is 3.92. The van der Waals surface area contributed by atoms with Gasteiger partial charge in [-0.2, -0.15) is 0 Å². The van der Waals surface area contributed by atoms with Crippen molar-refractivity contribution in [2.75, 3.05) is 105 Å². The van der Waals surface area contributed by atoms with Crippen LogP contribution in [0.1, 0.15) is 58.8 Å². The van der Waals surface area contributed by atoms with Gasteiger partial charge < -0.3 is 57.7 Å². The molecule has 2 heterocycles. The van der Waals surface area contributed by atoms with E-state index in [1.54, 1.807) is 0 Å². The first kappa shape index (κ1) is 64.6. The molecule has 24 heteroatoms. The normalized spacial score (nSPS) is 16.1. The monoisotopic (exact) mass is 929 g/mol. The lowest BCUT2D eigenvalue weighted by molar-refractivity contribution is -0.134. The van der Waals surface area contributed by atoms with Crippen LogP contribution in [-0.2, 0) is 36.9 Å². The number of amides is 4. The van der Waals surface area contributed by atoms with Crippen LogP contribution in [0.4, 0.5) is 0 Å². The molecular formula is C35H74B3Cl2N4O12Si3. The van der Waals surface area contributed by atoms with Crippen LogP contribution in [0.25, 0.3) is 0 Å². The van der Waals surface area contributed by atoms with E-state index in [4.69, 9.17) is 60.3 Å². The van der Waals surface area contributed by atoms with Crippen LogP contribution in [0.5, 0.6) is 0 Å². The molecule has 0 saturated carbocycles. The van der Waals surface area contributed by atoms with Crippen LogP contribution in [0.2, 0.25) is 39.3 Å². The van der Waals surface area contributed by atoms with Gasteiger partial charge in [0.2, 0.25) is 30.3 Å². The molecule has 0 unspecified atom stereocenters. The second-order valence-electron chi connectivity index (χ2n) is 14.4. The fourth-order valence-electron chi connectivity index (χ4n) is 5.35. The van der Waals surface area contributed by atoms with Crippen molar-refractivity contribution in [1.29, 1.82) is 0 Å². The minimum absolute atomic E-state index is 0. The number of carbonyl (C=O) groups is 4. The number of halogens is 2. The Morgan fingerprint density at radius 1 is 0.576 bits per heavy atom. The van der Waals surface area contributed by atoms with Crippen molar-refractivity contribution in [3.63, 3.8) is 0 Å². The van der Waals surface area contributed by atoms with Crippen LogP contribution >= 0.6 is 22.2 Å². The summed E-state index contributed by atoms with van der Waals surface area (Å²) in [4.78, 5) is 54.9. The first-order valence-corrected chi connectivity index (χ1v) is 30.3. The van der Waals surface area contributed by atoms with Crippen LogP contribution in [0.15, 0.2) is 0 Å². The number of nitrogens with zero attached hydrogens (tertiary/aromatic N) is 4. The molecule has 0 aromatic heterocycles. The van der Waals surface area contributed by atoms with E-state index in [-0.39, 0.29) is 105 Å². The van der Waals surface area contributed by atoms with E-state index in [0.717, 1.165) is 0 Å². The van der Waals surface area contributed by atoms with Gasteiger partial charge in [0.15, 0.2) is 0 Å². The summed E-state index contributed by atoms with van der Waals surface area (Å²) < 4.78 is 23.0. The summed E-state index contributed by atoms with van der Waals surface area (Å²) in [5.74, 6) is -0.0845. The van der Waals surface area contributed by atoms with Gasteiger partial charge in [-0.25, -0.2) is 0 Å². The van der Waals surface area contributed by atoms with Crippen LogP contribution in [0.3, 0.4) is 0 Å². The number of hydrogen-bond donors (Lipinski definition) is 4. The molecule has 0 aromatic rings. The zero-order valence-corrected chi connectivity index (χ0v) is 40.3. The first-order valence-electron chi connectivity index (χ1n) is 19.6. The molecular weight excluding hydrogens is 856 g/mol. The van der Waals surface area contributed by atoms with E-state index >= 15 is 0 Å². The van der Waals surface area contributed by atoms with Crippen molar-refractivity contribution in [1.82, 2.24) is 19.6 Å². The Morgan fingerprint density at radius 2 is 0.797 bits per heavy atom. The van der Waals surface area contributed by atoms with Gasteiger partial charge in [-0.05, 0) is 65.0 Å². The fraction of sp³-hybridized carbons (Fsp3) is 0.886. The maximum atomic E-state index is 12.4. The Bertz CT molecular complexity index is 996. The molecule has 16 nitrogen and oxygen atoms in total. The van der Waals surface area contributed by atoms with Crippen LogP contribution in [-0.4, -0.2) is 217 Å². The van der Waals surface area contributed by atoms with E-state index in [2.05, 4.69) is 15.5 Å². The summed E-state index contributed by atoms with van der Waals surface area (Å²) >= 11 is 10.9. The molecule has 59 heavy (non-hydrogen) atoms. The number of carbonyl (C=O) groups excluding carboxylic acids is 4. The van der Waals surface area contributed by atoms with Crippen molar-refractivity contribution in [2.24, 2.45) is 0 Å². The van der Waals surface area contributed by atoms with Crippen molar-refractivity contribution in [2.45, 2.75) is 98.1 Å². The number of hydrogen-bond acceptors (Lipinski definition) is 12. The SMILES string of the molecule is C.C[Si](C)(Cl)Cl.C[Si]1(C)OCCN(C(=O)CCCCC(=O)N2CCO[Si](C)(C)OCC2)CCO1.O=C(CCCCC(=O)N(CCO)CCO)N(CCO)CCO.[B].[B][B]. The second kappa shape index (κ2) is 37.5. The molecule has 4 amide bonds. The van der Waals surface area contributed by atoms with E-state index < -0.39 is 23.8 Å².